The van der Waals surface area contributed by atoms with E-state index in [2.05, 4.69) is 12.2 Å². The highest BCUT2D eigenvalue weighted by atomic mass is 35.5. The topological polar surface area (TPSA) is 32.3 Å². The van der Waals surface area contributed by atoms with Gasteiger partial charge in [-0.25, -0.2) is 4.39 Å². The fraction of sp³-hybridized carbons (Fsp3) is 0.462. The van der Waals surface area contributed by atoms with Gasteiger partial charge < -0.3 is 10.2 Å². The van der Waals surface area contributed by atoms with Crippen molar-refractivity contribution in [3.8, 4) is 0 Å². The summed E-state index contributed by atoms with van der Waals surface area (Å²) in [6.07, 6.45) is 0.354. The lowest BCUT2D eigenvalue weighted by atomic mass is 10.1. The molecule has 0 spiro atoms. The lowest BCUT2D eigenvalue weighted by Gasteiger charge is -2.32. The molecule has 2 rings (SSSR count). The van der Waals surface area contributed by atoms with Crippen LogP contribution >= 0.6 is 12.4 Å². The third-order valence-corrected chi connectivity index (χ3v) is 2.99. The summed E-state index contributed by atoms with van der Waals surface area (Å²) in [5.41, 5.74) is 0.864. The van der Waals surface area contributed by atoms with Crippen molar-refractivity contribution in [3.63, 3.8) is 0 Å². The number of halogens is 2. The van der Waals surface area contributed by atoms with Crippen molar-refractivity contribution in [2.75, 3.05) is 19.6 Å². The van der Waals surface area contributed by atoms with E-state index in [0.717, 1.165) is 25.2 Å². The van der Waals surface area contributed by atoms with Crippen LogP contribution in [0, 0.1) is 5.82 Å². The van der Waals surface area contributed by atoms with E-state index in [-0.39, 0.29) is 24.1 Å². The highest BCUT2D eigenvalue weighted by molar-refractivity contribution is 5.85. The first-order valence-corrected chi connectivity index (χ1v) is 5.91. The van der Waals surface area contributed by atoms with Gasteiger partial charge in [-0.1, -0.05) is 12.1 Å². The Hall–Kier alpha value is -1.13. The number of nitrogens with one attached hydrogen (secondary N) is 1. The summed E-state index contributed by atoms with van der Waals surface area (Å²) in [7, 11) is 0. The molecule has 0 radical (unpaired) electrons. The summed E-state index contributed by atoms with van der Waals surface area (Å²) in [6.45, 7) is 4.41. The number of amides is 1. The van der Waals surface area contributed by atoms with Crippen LogP contribution in [0.5, 0.6) is 0 Å². The highest BCUT2D eigenvalue weighted by Gasteiger charge is 2.20. The number of piperazine rings is 1. The maximum atomic E-state index is 12.7. The normalized spacial score (nSPS) is 19.2. The fourth-order valence-electron chi connectivity index (χ4n) is 2.05. The number of rotatable bonds is 2. The molecule has 5 heteroatoms. The van der Waals surface area contributed by atoms with Crippen LogP contribution in [0.4, 0.5) is 4.39 Å². The molecule has 1 atom stereocenters. The Morgan fingerprint density at radius 2 is 2.11 bits per heavy atom. The molecule has 1 fully saturated rings. The first-order valence-electron chi connectivity index (χ1n) is 5.91. The van der Waals surface area contributed by atoms with Crippen molar-refractivity contribution >= 4 is 18.3 Å². The van der Waals surface area contributed by atoms with Crippen LogP contribution in [0.2, 0.25) is 0 Å². The number of benzene rings is 1. The van der Waals surface area contributed by atoms with Crippen LogP contribution in [-0.2, 0) is 11.2 Å². The zero-order valence-corrected chi connectivity index (χ0v) is 11.2. The number of nitrogens with zero attached hydrogens (tertiary/aromatic N) is 1. The van der Waals surface area contributed by atoms with Gasteiger partial charge in [0.2, 0.25) is 5.91 Å². The molecule has 1 amide bonds. The Balaban J connectivity index is 0.00000162. The molecule has 1 heterocycles. The number of hydrogen-bond acceptors (Lipinski definition) is 2. The lowest BCUT2D eigenvalue weighted by molar-refractivity contribution is -0.131. The number of carbonyl (C=O) groups excluding carboxylic acids is 1. The van der Waals surface area contributed by atoms with Gasteiger partial charge in [-0.15, -0.1) is 12.4 Å². The van der Waals surface area contributed by atoms with Crippen molar-refractivity contribution in [3.05, 3.63) is 35.6 Å². The van der Waals surface area contributed by atoms with Gasteiger partial charge >= 0.3 is 0 Å². The van der Waals surface area contributed by atoms with E-state index in [4.69, 9.17) is 0 Å². The zero-order valence-electron chi connectivity index (χ0n) is 10.4. The summed E-state index contributed by atoms with van der Waals surface area (Å²) >= 11 is 0. The Bertz CT molecular complexity index is 396. The summed E-state index contributed by atoms with van der Waals surface area (Å²) in [5, 5.41) is 3.29. The highest BCUT2D eigenvalue weighted by Crippen LogP contribution is 2.07. The van der Waals surface area contributed by atoms with E-state index in [1.165, 1.54) is 12.1 Å². The molecule has 1 aromatic rings. The predicted octanol–water partition coefficient (Wildman–Crippen LogP) is 1.61. The largest absolute Gasteiger partial charge is 0.340 e. The summed E-state index contributed by atoms with van der Waals surface area (Å²) in [4.78, 5) is 13.9. The summed E-state index contributed by atoms with van der Waals surface area (Å²) in [6, 6.07) is 6.46. The lowest BCUT2D eigenvalue weighted by Crippen LogP contribution is -2.51. The SMILES string of the molecule is C[C@@H]1CN(C(=O)Cc2ccc(F)cc2)CCN1.Cl. The average molecular weight is 273 g/mol. The molecular weight excluding hydrogens is 255 g/mol. The van der Waals surface area contributed by atoms with Gasteiger partial charge in [0, 0.05) is 25.7 Å². The van der Waals surface area contributed by atoms with Crippen LogP contribution in [0.3, 0.4) is 0 Å². The molecule has 18 heavy (non-hydrogen) atoms. The Kier molecular flexibility index (Phi) is 5.56. The molecule has 0 unspecified atom stereocenters. The summed E-state index contributed by atoms with van der Waals surface area (Å²) in [5.74, 6) is -0.151. The Morgan fingerprint density at radius 1 is 1.44 bits per heavy atom. The second-order valence-corrected chi connectivity index (χ2v) is 4.50. The number of hydrogen-bond donors (Lipinski definition) is 1. The van der Waals surface area contributed by atoms with E-state index in [1.807, 2.05) is 4.90 Å². The van der Waals surface area contributed by atoms with Crippen LogP contribution in [-0.4, -0.2) is 36.5 Å². The second-order valence-electron chi connectivity index (χ2n) is 4.50. The molecule has 1 aromatic carbocycles. The second kappa shape index (κ2) is 6.71. The van der Waals surface area contributed by atoms with E-state index in [9.17, 15) is 9.18 Å². The first-order chi connectivity index (χ1) is 8.15. The van der Waals surface area contributed by atoms with Gasteiger partial charge in [0.25, 0.3) is 0 Å². The van der Waals surface area contributed by atoms with E-state index < -0.39 is 0 Å². The quantitative estimate of drug-likeness (QED) is 0.887. The van der Waals surface area contributed by atoms with Crippen molar-refractivity contribution < 1.29 is 9.18 Å². The van der Waals surface area contributed by atoms with Crippen LogP contribution < -0.4 is 5.32 Å². The van der Waals surface area contributed by atoms with Gasteiger partial charge in [0.1, 0.15) is 5.82 Å². The van der Waals surface area contributed by atoms with Crippen LogP contribution in [0.25, 0.3) is 0 Å². The molecule has 0 bridgehead atoms. The molecule has 1 aliphatic rings. The fourth-order valence-corrected chi connectivity index (χ4v) is 2.05. The molecular formula is C13H18ClFN2O. The molecule has 0 aromatic heterocycles. The Labute approximate surface area is 113 Å². The van der Waals surface area contributed by atoms with Gasteiger partial charge in [-0.05, 0) is 24.6 Å². The van der Waals surface area contributed by atoms with E-state index >= 15 is 0 Å². The zero-order chi connectivity index (χ0) is 12.3. The molecule has 1 saturated heterocycles. The molecule has 1 N–H and O–H groups in total. The van der Waals surface area contributed by atoms with Crippen LogP contribution in [0.15, 0.2) is 24.3 Å². The van der Waals surface area contributed by atoms with Crippen molar-refractivity contribution in [1.82, 2.24) is 10.2 Å². The van der Waals surface area contributed by atoms with Gasteiger partial charge in [-0.2, -0.15) is 0 Å². The molecule has 100 valence electrons. The standard InChI is InChI=1S/C13H17FN2O.ClH/c1-10-9-16(7-6-15-10)13(17)8-11-2-4-12(14)5-3-11;/h2-5,10,15H,6-9H2,1H3;1H/t10-;/m1./s1. The minimum atomic E-state index is -0.267. The molecule has 0 saturated carbocycles. The molecule has 1 aliphatic heterocycles. The third kappa shape index (κ3) is 3.96. The van der Waals surface area contributed by atoms with Crippen molar-refractivity contribution in [2.24, 2.45) is 0 Å². The van der Waals surface area contributed by atoms with E-state index in [1.54, 1.807) is 12.1 Å². The maximum absolute atomic E-state index is 12.7. The first kappa shape index (κ1) is 14.9. The van der Waals surface area contributed by atoms with Gasteiger partial charge in [0.05, 0.1) is 6.42 Å². The van der Waals surface area contributed by atoms with Crippen molar-refractivity contribution in [1.29, 1.82) is 0 Å². The van der Waals surface area contributed by atoms with Gasteiger partial charge in [0.15, 0.2) is 0 Å². The van der Waals surface area contributed by atoms with E-state index in [0.29, 0.717) is 12.5 Å². The van der Waals surface area contributed by atoms with Gasteiger partial charge in [-0.3, -0.25) is 4.79 Å². The minimum Gasteiger partial charge on any atom is -0.340 e. The Morgan fingerprint density at radius 3 is 2.72 bits per heavy atom. The van der Waals surface area contributed by atoms with Crippen molar-refractivity contribution in [2.45, 2.75) is 19.4 Å². The average Bonchev–Trinajstić information content (AvgIpc) is 2.32. The molecule has 0 aliphatic carbocycles. The third-order valence-electron chi connectivity index (χ3n) is 2.99. The predicted molar refractivity (Wildman–Crippen MR) is 71.4 cm³/mol. The smallest absolute Gasteiger partial charge is 0.227 e. The molecule has 3 nitrogen and oxygen atoms in total. The summed E-state index contributed by atoms with van der Waals surface area (Å²) < 4.78 is 12.7. The number of carbonyl (C=O) groups is 1. The minimum absolute atomic E-state index is 0. The maximum Gasteiger partial charge on any atom is 0.227 e. The van der Waals surface area contributed by atoms with Crippen LogP contribution in [0.1, 0.15) is 12.5 Å². The monoisotopic (exact) mass is 272 g/mol.